The number of hydrogen-bond acceptors (Lipinski definition) is 1. The van der Waals surface area contributed by atoms with E-state index >= 15 is 0 Å². The van der Waals surface area contributed by atoms with Gasteiger partial charge in [0, 0.05) is 18.1 Å². The Hall–Kier alpha value is -2.22. The van der Waals surface area contributed by atoms with Gasteiger partial charge in [-0.15, -0.1) is 0 Å². The summed E-state index contributed by atoms with van der Waals surface area (Å²) < 4.78 is 8.27. The first-order chi connectivity index (χ1) is 12.1. The number of aromatic nitrogens is 1. The molecule has 0 N–H and O–H groups in total. The Labute approximate surface area is 151 Å². The molecule has 3 rings (SSSR count). The van der Waals surface area contributed by atoms with Crippen molar-refractivity contribution in [3.8, 4) is 5.69 Å². The standard InChI is InChI=1S/C23H29NO/c1-4-5-6-10-16-23(3,22-14-13-19(2)25-22)20-15-17-24(18-20)21-11-8-7-9-12-21/h7-9,11-15,17-18H,4-6,10,16H2,1-3H3. The highest BCUT2D eigenvalue weighted by Crippen LogP contribution is 2.38. The molecule has 1 atom stereocenters. The molecular formula is C23H29NO. The molecule has 0 amide bonds. The first-order valence-electron chi connectivity index (χ1n) is 9.44. The minimum atomic E-state index is -0.0813. The smallest absolute Gasteiger partial charge is 0.114 e. The third kappa shape index (κ3) is 3.89. The fraction of sp³-hybridized carbons (Fsp3) is 0.391. The van der Waals surface area contributed by atoms with Gasteiger partial charge in [-0.25, -0.2) is 0 Å². The van der Waals surface area contributed by atoms with Gasteiger partial charge in [-0.05, 0) is 56.2 Å². The molecule has 2 heterocycles. The van der Waals surface area contributed by atoms with E-state index in [4.69, 9.17) is 4.42 Å². The zero-order valence-corrected chi connectivity index (χ0v) is 15.7. The SMILES string of the molecule is CCCCCCC(C)(c1ccn(-c2ccccc2)c1)c1ccc(C)o1. The Bertz CT molecular complexity index is 783. The topological polar surface area (TPSA) is 18.1 Å². The Balaban J connectivity index is 1.90. The number of hydrogen-bond donors (Lipinski definition) is 0. The lowest BCUT2D eigenvalue weighted by molar-refractivity contribution is 0.366. The Kier molecular flexibility index (Phi) is 5.47. The molecule has 0 saturated heterocycles. The van der Waals surface area contributed by atoms with Gasteiger partial charge in [-0.2, -0.15) is 0 Å². The minimum absolute atomic E-state index is 0.0813. The molecule has 0 aliphatic heterocycles. The molecule has 2 nitrogen and oxygen atoms in total. The lowest BCUT2D eigenvalue weighted by Crippen LogP contribution is -2.22. The normalized spacial score (nSPS) is 13.7. The monoisotopic (exact) mass is 335 g/mol. The second-order valence-electron chi connectivity index (χ2n) is 7.20. The molecule has 2 aromatic heterocycles. The van der Waals surface area contributed by atoms with Gasteiger partial charge in [-0.3, -0.25) is 0 Å². The van der Waals surface area contributed by atoms with Crippen LogP contribution < -0.4 is 0 Å². The Morgan fingerprint density at radius 3 is 2.44 bits per heavy atom. The molecule has 3 aromatic rings. The number of aryl methyl sites for hydroxylation is 1. The minimum Gasteiger partial charge on any atom is -0.465 e. The number of benzene rings is 1. The fourth-order valence-electron chi connectivity index (χ4n) is 3.53. The van der Waals surface area contributed by atoms with Crippen molar-refractivity contribution in [1.82, 2.24) is 4.57 Å². The molecule has 0 aliphatic rings. The molecule has 0 bridgehead atoms. The fourth-order valence-corrected chi connectivity index (χ4v) is 3.53. The second-order valence-corrected chi connectivity index (χ2v) is 7.20. The van der Waals surface area contributed by atoms with Gasteiger partial charge in [0.1, 0.15) is 11.5 Å². The molecule has 1 unspecified atom stereocenters. The van der Waals surface area contributed by atoms with Gasteiger partial charge < -0.3 is 8.98 Å². The maximum absolute atomic E-state index is 6.07. The quantitative estimate of drug-likeness (QED) is 0.421. The van der Waals surface area contributed by atoms with Crippen molar-refractivity contribution < 1.29 is 4.42 Å². The van der Waals surface area contributed by atoms with Gasteiger partial charge in [0.25, 0.3) is 0 Å². The van der Waals surface area contributed by atoms with Gasteiger partial charge in [0.2, 0.25) is 0 Å². The summed E-state index contributed by atoms with van der Waals surface area (Å²) in [4.78, 5) is 0. The van der Waals surface area contributed by atoms with E-state index < -0.39 is 0 Å². The van der Waals surface area contributed by atoms with Gasteiger partial charge in [0.05, 0.1) is 5.41 Å². The van der Waals surface area contributed by atoms with Crippen molar-refractivity contribution in [2.45, 2.75) is 58.3 Å². The average molecular weight is 335 g/mol. The van der Waals surface area contributed by atoms with Crippen LogP contribution in [0, 0.1) is 6.92 Å². The molecule has 0 radical (unpaired) electrons. The molecule has 0 fully saturated rings. The maximum Gasteiger partial charge on any atom is 0.114 e. The number of rotatable bonds is 8. The van der Waals surface area contributed by atoms with Gasteiger partial charge in [-0.1, -0.05) is 50.8 Å². The summed E-state index contributed by atoms with van der Waals surface area (Å²) in [5, 5.41) is 0. The predicted octanol–water partition coefficient (Wildman–Crippen LogP) is 6.66. The van der Waals surface area contributed by atoms with Crippen LogP contribution >= 0.6 is 0 Å². The zero-order chi connectivity index (χ0) is 17.7. The third-order valence-electron chi connectivity index (χ3n) is 5.20. The lowest BCUT2D eigenvalue weighted by Gasteiger charge is -2.27. The van der Waals surface area contributed by atoms with Crippen LogP contribution in [0.25, 0.3) is 5.69 Å². The first-order valence-corrected chi connectivity index (χ1v) is 9.44. The molecule has 0 aliphatic carbocycles. The number of furan rings is 1. The van der Waals surface area contributed by atoms with E-state index in [-0.39, 0.29) is 5.41 Å². The van der Waals surface area contributed by atoms with E-state index in [0.29, 0.717) is 0 Å². The first kappa shape index (κ1) is 17.6. The molecule has 0 spiro atoms. The van der Waals surface area contributed by atoms with Crippen molar-refractivity contribution in [1.29, 1.82) is 0 Å². The number of nitrogens with zero attached hydrogens (tertiary/aromatic N) is 1. The highest BCUT2D eigenvalue weighted by molar-refractivity contribution is 5.38. The molecule has 2 heteroatoms. The van der Waals surface area contributed by atoms with E-state index in [1.807, 2.05) is 6.92 Å². The summed E-state index contributed by atoms with van der Waals surface area (Å²) in [5.74, 6) is 2.06. The maximum atomic E-state index is 6.07. The van der Waals surface area contributed by atoms with Crippen LogP contribution in [0.15, 0.2) is 65.3 Å². The van der Waals surface area contributed by atoms with Crippen LogP contribution in [0.1, 0.15) is 63.0 Å². The van der Waals surface area contributed by atoms with Crippen molar-refractivity contribution >= 4 is 0 Å². The Morgan fingerprint density at radius 2 is 1.76 bits per heavy atom. The van der Waals surface area contributed by atoms with Gasteiger partial charge in [0.15, 0.2) is 0 Å². The van der Waals surface area contributed by atoms with E-state index in [1.54, 1.807) is 0 Å². The number of unbranched alkanes of at least 4 members (excludes halogenated alkanes) is 3. The van der Waals surface area contributed by atoms with Crippen molar-refractivity contribution in [2.75, 3.05) is 0 Å². The second kappa shape index (κ2) is 7.77. The largest absolute Gasteiger partial charge is 0.465 e. The van der Waals surface area contributed by atoms with E-state index in [0.717, 1.165) is 17.9 Å². The molecule has 0 saturated carbocycles. The van der Waals surface area contributed by atoms with Gasteiger partial charge >= 0.3 is 0 Å². The third-order valence-corrected chi connectivity index (χ3v) is 5.20. The van der Waals surface area contributed by atoms with Crippen LogP contribution in [0.5, 0.6) is 0 Å². The zero-order valence-electron chi connectivity index (χ0n) is 15.7. The predicted molar refractivity (Wildman–Crippen MR) is 104 cm³/mol. The summed E-state index contributed by atoms with van der Waals surface area (Å²) in [6.45, 7) is 6.60. The summed E-state index contributed by atoms with van der Waals surface area (Å²) in [6.07, 6.45) is 10.6. The van der Waals surface area contributed by atoms with Crippen LogP contribution in [0.3, 0.4) is 0 Å². The molecule has 132 valence electrons. The molecular weight excluding hydrogens is 306 g/mol. The highest BCUT2D eigenvalue weighted by atomic mass is 16.3. The summed E-state index contributed by atoms with van der Waals surface area (Å²) in [6, 6.07) is 17.0. The van der Waals surface area contributed by atoms with Crippen LogP contribution in [0.4, 0.5) is 0 Å². The van der Waals surface area contributed by atoms with Crippen molar-refractivity contribution in [3.63, 3.8) is 0 Å². The number of para-hydroxylation sites is 1. The highest BCUT2D eigenvalue weighted by Gasteiger charge is 2.32. The van der Waals surface area contributed by atoms with Crippen LogP contribution in [-0.2, 0) is 5.41 Å². The lowest BCUT2D eigenvalue weighted by atomic mass is 9.77. The van der Waals surface area contributed by atoms with E-state index in [9.17, 15) is 0 Å². The van der Waals surface area contributed by atoms with Crippen molar-refractivity contribution in [3.05, 3.63) is 78.0 Å². The van der Waals surface area contributed by atoms with Crippen molar-refractivity contribution in [2.24, 2.45) is 0 Å². The van der Waals surface area contributed by atoms with E-state index in [2.05, 4.69) is 79.3 Å². The summed E-state index contributed by atoms with van der Waals surface area (Å²) in [5.41, 5.74) is 2.43. The molecule has 1 aromatic carbocycles. The summed E-state index contributed by atoms with van der Waals surface area (Å²) in [7, 11) is 0. The molecule has 25 heavy (non-hydrogen) atoms. The van der Waals surface area contributed by atoms with E-state index in [1.165, 1.54) is 36.9 Å². The van der Waals surface area contributed by atoms with Crippen LogP contribution in [-0.4, -0.2) is 4.57 Å². The summed E-state index contributed by atoms with van der Waals surface area (Å²) >= 11 is 0. The average Bonchev–Trinajstić information content (AvgIpc) is 3.29. The van der Waals surface area contributed by atoms with Crippen LogP contribution in [0.2, 0.25) is 0 Å². The Morgan fingerprint density at radius 1 is 0.960 bits per heavy atom.